The van der Waals surface area contributed by atoms with Crippen LogP contribution in [0.3, 0.4) is 0 Å². The molecule has 0 saturated carbocycles. The van der Waals surface area contributed by atoms with Crippen LogP contribution in [0.4, 0.5) is 21.0 Å². The predicted molar refractivity (Wildman–Crippen MR) is 234 cm³/mol. The molecule has 297 valence electrons. The Hall–Kier alpha value is -5.65. The molecule has 0 heterocycles. The van der Waals surface area contributed by atoms with Gasteiger partial charge < -0.3 is 32.5 Å². The number of nitrogens with one attached hydrogen (secondary N) is 4. The van der Waals surface area contributed by atoms with Crippen molar-refractivity contribution in [1.82, 2.24) is 10.6 Å². The van der Waals surface area contributed by atoms with E-state index >= 15 is 0 Å². The third-order valence-corrected chi connectivity index (χ3v) is 9.24. The van der Waals surface area contributed by atoms with Crippen LogP contribution in [0.15, 0.2) is 170 Å². The summed E-state index contributed by atoms with van der Waals surface area (Å²) in [6.45, 7) is 3.08. The molecule has 0 spiro atoms. The van der Waals surface area contributed by atoms with Crippen LogP contribution in [-0.4, -0.2) is 51.2 Å². The number of hydrogen-bond acceptors (Lipinski definition) is 5. The van der Waals surface area contributed by atoms with Crippen molar-refractivity contribution in [3.05, 3.63) is 203 Å². The number of aliphatic hydroxyl groups excluding tert-OH is 1. The van der Waals surface area contributed by atoms with Crippen molar-refractivity contribution < 1.29 is 55.2 Å². The second-order valence-corrected chi connectivity index (χ2v) is 13.2. The first-order chi connectivity index (χ1) is 27.9. The van der Waals surface area contributed by atoms with Gasteiger partial charge in [0.1, 0.15) is 0 Å². The summed E-state index contributed by atoms with van der Waals surface area (Å²) in [4.78, 5) is 36.4. The molecule has 0 saturated heterocycles. The number of anilines is 2. The summed E-state index contributed by atoms with van der Waals surface area (Å²) < 4.78 is 5.00. The summed E-state index contributed by atoms with van der Waals surface area (Å²) in [6.07, 6.45) is 1.57. The van der Waals surface area contributed by atoms with Crippen LogP contribution >= 0.6 is 0 Å². The predicted octanol–water partition coefficient (Wildman–Crippen LogP) is 6.47. The smallest absolute Gasteiger partial charge is 1.00 e. The SMILES string of the molecule is CCOC(=O)c1cccc(NC(=O)NCCC(c2ccccc2)c2ccccc2)c1.O=C(NCCC(c1ccccc1)c1ccccc1)Nc1cccc(CO)c1.[B].[H-].[Na+]. The Labute approximate surface area is 373 Å². The molecule has 0 atom stereocenters. The number of aliphatic hydroxyl groups is 1. The van der Waals surface area contributed by atoms with Gasteiger partial charge in [-0.2, -0.15) is 0 Å². The summed E-state index contributed by atoms with van der Waals surface area (Å²) in [5.74, 6) is 0.0142. The first kappa shape index (κ1) is 47.7. The van der Waals surface area contributed by atoms with Crippen LogP contribution in [0.25, 0.3) is 0 Å². The second kappa shape index (κ2) is 26.4. The average molecular weight is 798 g/mol. The molecule has 0 aliphatic carbocycles. The minimum absolute atomic E-state index is 0. The van der Waals surface area contributed by atoms with Gasteiger partial charge in [0.05, 0.1) is 18.8 Å². The monoisotopic (exact) mass is 797 g/mol. The van der Waals surface area contributed by atoms with Crippen molar-refractivity contribution in [1.29, 1.82) is 0 Å². The summed E-state index contributed by atoms with van der Waals surface area (Å²) in [5, 5.41) is 20.6. The average Bonchev–Trinajstić information content (AvgIpc) is 3.25. The van der Waals surface area contributed by atoms with Crippen molar-refractivity contribution in [2.75, 3.05) is 30.3 Å². The van der Waals surface area contributed by atoms with Crippen molar-refractivity contribution in [3.63, 3.8) is 0 Å². The Balaban J connectivity index is 0.000000396. The Kier molecular flexibility index (Phi) is 21.3. The normalized spacial score (nSPS) is 10.2. The van der Waals surface area contributed by atoms with Gasteiger partial charge >= 0.3 is 47.6 Å². The van der Waals surface area contributed by atoms with Gasteiger partial charge in [-0.15, -0.1) is 0 Å². The van der Waals surface area contributed by atoms with Gasteiger partial charge in [0, 0.05) is 44.7 Å². The van der Waals surface area contributed by atoms with Crippen LogP contribution in [0.2, 0.25) is 0 Å². The standard InChI is InChI=1S/C25H26N2O3.C23H24N2O2.B.Na.H/c1-2-30-24(28)21-14-9-15-22(18-21)27-25(29)26-17-16-23(19-10-5-3-6-11-19)20-12-7-4-8-13-20;26-17-18-8-7-13-21(16-18)25-23(27)24-15-14-22(19-9-3-1-4-10-19)20-11-5-2-6-12-20;;;/h3-15,18,23H,2,16-17H2,1H3,(H2,26,27,29);1-13,16,22,26H,14-15,17H2,(H2,24,25,27);;;/q;;;+1;-1. The Bertz CT molecular complexity index is 2060. The molecule has 0 fully saturated rings. The van der Waals surface area contributed by atoms with E-state index in [0.29, 0.717) is 36.6 Å². The van der Waals surface area contributed by atoms with E-state index in [4.69, 9.17) is 4.74 Å². The van der Waals surface area contributed by atoms with Gasteiger partial charge in [-0.25, -0.2) is 14.4 Å². The third kappa shape index (κ3) is 15.9. The molecule has 0 aromatic heterocycles. The molecule has 4 amide bonds. The van der Waals surface area contributed by atoms with Crippen LogP contribution in [0.5, 0.6) is 0 Å². The number of benzene rings is 6. The molecule has 0 bridgehead atoms. The largest absolute Gasteiger partial charge is 1.00 e. The zero-order valence-corrected chi connectivity index (χ0v) is 35.7. The van der Waals surface area contributed by atoms with Gasteiger partial charge in [-0.3, -0.25) is 0 Å². The van der Waals surface area contributed by atoms with E-state index in [0.717, 1.165) is 18.4 Å². The minimum atomic E-state index is -0.407. The van der Waals surface area contributed by atoms with E-state index in [1.807, 2.05) is 84.9 Å². The summed E-state index contributed by atoms with van der Waals surface area (Å²) in [7, 11) is 0. The number of urea groups is 2. The van der Waals surface area contributed by atoms with Crippen molar-refractivity contribution in [2.24, 2.45) is 0 Å². The molecule has 0 unspecified atom stereocenters. The number of carbonyl (C=O) groups excluding carboxylic acids is 3. The molecule has 6 rings (SSSR count). The Morgan fingerprint density at radius 2 is 0.949 bits per heavy atom. The number of rotatable bonds is 15. The molecule has 3 radical (unpaired) electrons. The number of esters is 1. The molecule has 6 aromatic carbocycles. The fraction of sp³-hybridized carbons (Fsp3) is 0.188. The molecule has 6 aromatic rings. The van der Waals surface area contributed by atoms with E-state index < -0.39 is 5.97 Å². The Morgan fingerprint density at radius 1 is 0.559 bits per heavy atom. The minimum Gasteiger partial charge on any atom is -1.00 e. The zero-order chi connectivity index (χ0) is 40.1. The molecule has 0 aliphatic heterocycles. The summed E-state index contributed by atoms with van der Waals surface area (Å²) >= 11 is 0. The maximum absolute atomic E-state index is 12.3. The van der Waals surface area contributed by atoms with E-state index in [1.54, 1.807) is 43.3 Å². The van der Waals surface area contributed by atoms with Gasteiger partial charge in [0.2, 0.25) is 0 Å². The topological polar surface area (TPSA) is 129 Å². The van der Waals surface area contributed by atoms with Gasteiger partial charge in [-0.1, -0.05) is 140 Å². The van der Waals surface area contributed by atoms with Crippen molar-refractivity contribution in [2.45, 2.75) is 38.2 Å². The van der Waals surface area contributed by atoms with Crippen molar-refractivity contribution >= 4 is 37.8 Å². The molecular formula is C48H51BN4NaO5. The number of ether oxygens (including phenoxy) is 1. The molecule has 0 aliphatic rings. The second-order valence-electron chi connectivity index (χ2n) is 13.2. The van der Waals surface area contributed by atoms with Crippen LogP contribution in [0.1, 0.15) is 71.2 Å². The van der Waals surface area contributed by atoms with E-state index in [-0.39, 0.29) is 69.9 Å². The quantitative estimate of drug-likeness (QED) is 0.0602. The number of amides is 4. The molecule has 5 N–H and O–H groups in total. The summed E-state index contributed by atoms with van der Waals surface area (Å²) in [6, 6.07) is 54.6. The van der Waals surface area contributed by atoms with Crippen LogP contribution < -0.4 is 50.8 Å². The van der Waals surface area contributed by atoms with Crippen LogP contribution in [0, 0.1) is 0 Å². The molecular weight excluding hydrogens is 746 g/mol. The molecule has 9 nitrogen and oxygen atoms in total. The van der Waals surface area contributed by atoms with E-state index in [1.165, 1.54) is 22.3 Å². The maximum atomic E-state index is 12.3. The van der Waals surface area contributed by atoms with Crippen LogP contribution in [-0.2, 0) is 11.3 Å². The third-order valence-electron chi connectivity index (χ3n) is 9.24. The van der Waals surface area contributed by atoms with Gasteiger partial charge in [-0.05, 0) is 77.9 Å². The zero-order valence-electron chi connectivity index (χ0n) is 34.7. The first-order valence-corrected chi connectivity index (χ1v) is 19.2. The van der Waals surface area contributed by atoms with E-state index in [9.17, 15) is 19.5 Å². The maximum Gasteiger partial charge on any atom is 1.00 e. The van der Waals surface area contributed by atoms with Gasteiger partial charge in [0.25, 0.3) is 0 Å². The number of carbonyl (C=O) groups is 3. The van der Waals surface area contributed by atoms with E-state index in [2.05, 4.69) is 69.8 Å². The molecule has 59 heavy (non-hydrogen) atoms. The molecule has 11 heteroatoms. The fourth-order valence-corrected chi connectivity index (χ4v) is 6.49. The van der Waals surface area contributed by atoms with Crippen molar-refractivity contribution in [3.8, 4) is 0 Å². The first-order valence-electron chi connectivity index (χ1n) is 19.2. The Morgan fingerprint density at radius 3 is 1.34 bits per heavy atom. The number of hydrogen-bond donors (Lipinski definition) is 5. The van der Waals surface area contributed by atoms with Gasteiger partial charge in [0.15, 0.2) is 0 Å². The fourth-order valence-electron chi connectivity index (χ4n) is 6.49. The summed E-state index contributed by atoms with van der Waals surface area (Å²) in [5.41, 5.74) is 7.29.